The molecule has 3 nitrogen and oxygen atoms in total. The Labute approximate surface area is 119 Å². The van der Waals surface area contributed by atoms with E-state index in [1.54, 1.807) is 6.26 Å². The fraction of sp³-hybridized carbons (Fsp3) is 0.529. The maximum atomic E-state index is 6.17. The van der Waals surface area contributed by atoms with E-state index in [0.29, 0.717) is 6.61 Å². The molecule has 0 amide bonds. The summed E-state index contributed by atoms with van der Waals surface area (Å²) in [4.78, 5) is 0. The molecular weight excluding hydrogens is 252 g/mol. The molecule has 1 aliphatic heterocycles. The Morgan fingerprint density at radius 1 is 1.30 bits per heavy atom. The molecule has 0 N–H and O–H groups in total. The van der Waals surface area contributed by atoms with Crippen LogP contribution in [-0.2, 0) is 6.42 Å². The molecule has 0 radical (unpaired) electrons. The van der Waals surface area contributed by atoms with Gasteiger partial charge in [-0.25, -0.2) is 0 Å². The maximum Gasteiger partial charge on any atom is 0.165 e. The largest absolute Gasteiger partial charge is 0.490 e. The van der Waals surface area contributed by atoms with E-state index in [-0.39, 0.29) is 11.5 Å². The van der Waals surface area contributed by atoms with Gasteiger partial charge in [0, 0.05) is 6.07 Å². The predicted molar refractivity (Wildman–Crippen MR) is 79.6 cm³/mol. The summed E-state index contributed by atoms with van der Waals surface area (Å²) in [7, 11) is 0. The lowest BCUT2D eigenvalue weighted by molar-refractivity contribution is 0.0676. The molecule has 1 aromatic carbocycles. The minimum Gasteiger partial charge on any atom is -0.490 e. The van der Waals surface area contributed by atoms with Crippen LogP contribution in [0.25, 0.3) is 11.0 Å². The molecule has 0 saturated heterocycles. The van der Waals surface area contributed by atoms with Gasteiger partial charge < -0.3 is 13.9 Å². The lowest BCUT2D eigenvalue weighted by Crippen LogP contribution is -2.35. The number of hydrogen-bond donors (Lipinski definition) is 0. The van der Waals surface area contributed by atoms with Gasteiger partial charge in [0.1, 0.15) is 23.7 Å². The molecule has 0 spiro atoms. The average molecular weight is 274 g/mol. The van der Waals surface area contributed by atoms with Crippen molar-refractivity contribution in [1.29, 1.82) is 0 Å². The van der Waals surface area contributed by atoms with Crippen LogP contribution in [0.5, 0.6) is 11.5 Å². The molecule has 20 heavy (non-hydrogen) atoms. The van der Waals surface area contributed by atoms with Crippen molar-refractivity contribution in [3.05, 3.63) is 24.0 Å². The highest BCUT2D eigenvalue weighted by molar-refractivity contribution is 5.86. The van der Waals surface area contributed by atoms with Crippen LogP contribution in [0.1, 0.15) is 39.7 Å². The molecule has 0 saturated carbocycles. The highest BCUT2D eigenvalue weighted by Gasteiger charge is 2.30. The zero-order valence-corrected chi connectivity index (χ0v) is 12.7. The quantitative estimate of drug-likeness (QED) is 0.803. The second-order valence-electron chi connectivity index (χ2n) is 6.50. The standard InChI is InChI=1S/C17H22O3/c1-5-18-15-10-19-14-9-13-11(8-12(14)15)6-7-16(20-13)17(2,3)4/h8-10,16H,5-7H2,1-4H3. The Morgan fingerprint density at radius 3 is 2.80 bits per heavy atom. The minimum atomic E-state index is 0.159. The van der Waals surface area contributed by atoms with Crippen molar-refractivity contribution in [2.75, 3.05) is 6.61 Å². The van der Waals surface area contributed by atoms with E-state index < -0.39 is 0 Å². The summed E-state index contributed by atoms with van der Waals surface area (Å²) in [5.74, 6) is 1.78. The third-order valence-electron chi connectivity index (χ3n) is 3.93. The van der Waals surface area contributed by atoms with Gasteiger partial charge in [0.25, 0.3) is 0 Å². The molecule has 1 aromatic heterocycles. The lowest BCUT2D eigenvalue weighted by atomic mass is 9.84. The van der Waals surface area contributed by atoms with Crippen LogP contribution < -0.4 is 9.47 Å². The van der Waals surface area contributed by atoms with Gasteiger partial charge in [-0.05, 0) is 36.8 Å². The Hall–Kier alpha value is -1.64. The first kappa shape index (κ1) is 13.3. The number of hydrogen-bond acceptors (Lipinski definition) is 3. The average Bonchev–Trinajstić information content (AvgIpc) is 2.77. The zero-order chi connectivity index (χ0) is 14.3. The second-order valence-corrected chi connectivity index (χ2v) is 6.50. The van der Waals surface area contributed by atoms with Crippen LogP contribution in [0, 0.1) is 5.41 Å². The highest BCUT2D eigenvalue weighted by Crippen LogP contribution is 2.39. The van der Waals surface area contributed by atoms with E-state index in [0.717, 1.165) is 35.3 Å². The fourth-order valence-electron chi connectivity index (χ4n) is 2.76. The number of benzene rings is 1. The molecule has 0 aliphatic carbocycles. The molecule has 3 heteroatoms. The van der Waals surface area contributed by atoms with Gasteiger partial charge in [-0.15, -0.1) is 0 Å². The number of aryl methyl sites for hydroxylation is 1. The molecule has 1 aliphatic rings. The summed E-state index contributed by atoms with van der Waals surface area (Å²) < 4.78 is 17.3. The van der Waals surface area contributed by atoms with Crippen molar-refractivity contribution in [3.8, 4) is 11.5 Å². The van der Waals surface area contributed by atoms with Gasteiger partial charge in [-0.1, -0.05) is 20.8 Å². The van der Waals surface area contributed by atoms with Gasteiger partial charge in [0.05, 0.1) is 12.0 Å². The highest BCUT2D eigenvalue weighted by atomic mass is 16.5. The van der Waals surface area contributed by atoms with Crippen molar-refractivity contribution in [1.82, 2.24) is 0 Å². The number of ether oxygens (including phenoxy) is 2. The lowest BCUT2D eigenvalue weighted by Gasteiger charge is -2.35. The maximum absolute atomic E-state index is 6.17. The van der Waals surface area contributed by atoms with Crippen LogP contribution in [0.2, 0.25) is 0 Å². The van der Waals surface area contributed by atoms with Gasteiger partial charge in [0.15, 0.2) is 5.75 Å². The molecule has 0 bridgehead atoms. The van der Waals surface area contributed by atoms with Gasteiger partial charge >= 0.3 is 0 Å². The Bertz CT molecular complexity index is 619. The van der Waals surface area contributed by atoms with Gasteiger partial charge in [-0.2, -0.15) is 0 Å². The molecule has 2 heterocycles. The molecule has 1 atom stereocenters. The van der Waals surface area contributed by atoms with Crippen LogP contribution in [-0.4, -0.2) is 12.7 Å². The number of fused-ring (bicyclic) bond motifs is 2. The van der Waals surface area contributed by atoms with E-state index in [2.05, 4.69) is 26.8 Å². The van der Waals surface area contributed by atoms with E-state index >= 15 is 0 Å². The summed E-state index contributed by atoms with van der Waals surface area (Å²) >= 11 is 0. The third kappa shape index (κ3) is 2.26. The SMILES string of the molecule is CCOc1coc2cc3c(cc12)CCC(C(C)(C)C)O3. The fourth-order valence-corrected chi connectivity index (χ4v) is 2.76. The van der Waals surface area contributed by atoms with Crippen molar-refractivity contribution in [2.24, 2.45) is 5.41 Å². The van der Waals surface area contributed by atoms with Crippen molar-refractivity contribution < 1.29 is 13.9 Å². The summed E-state index contributed by atoms with van der Waals surface area (Å²) in [6, 6.07) is 4.16. The van der Waals surface area contributed by atoms with E-state index in [1.165, 1.54) is 5.56 Å². The van der Waals surface area contributed by atoms with E-state index in [9.17, 15) is 0 Å². The summed E-state index contributed by atoms with van der Waals surface area (Å²) in [5, 5.41) is 1.04. The Kier molecular flexibility index (Phi) is 3.15. The second kappa shape index (κ2) is 4.72. The number of rotatable bonds is 2. The molecular formula is C17H22O3. The molecule has 2 aromatic rings. The predicted octanol–water partition coefficient (Wildman–Crippen LogP) is 4.57. The molecule has 1 unspecified atom stereocenters. The normalized spacial score (nSPS) is 18.7. The van der Waals surface area contributed by atoms with Crippen LogP contribution >= 0.6 is 0 Å². The third-order valence-corrected chi connectivity index (χ3v) is 3.93. The van der Waals surface area contributed by atoms with Gasteiger partial charge in [-0.3, -0.25) is 0 Å². The first-order chi connectivity index (χ1) is 9.49. The topological polar surface area (TPSA) is 31.6 Å². The van der Waals surface area contributed by atoms with Crippen LogP contribution in [0.4, 0.5) is 0 Å². The summed E-state index contributed by atoms with van der Waals surface area (Å²) in [6.45, 7) is 9.30. The first-order valence-corrected chi connectivity index (χ1v) is 7.32. The number of furan rings is 1. The van der Waals surface area contributed by atoms with Gasteiger partial charge in [0.2, 0.25) is 0 Å². The van der Waals surface area contributed by atoms with Crippen molar-refractivity contribution in [2.45, 2.75) is 46.6 Å². The molecule has 0 fully saturated rings. The van der Waals surface area contributed by atoms with Crippen LogP contribution in [0.15, 0.2) is 22.8 Å². The minimum absolute atomic E-state index is 0.159. The van der Waals surface area contributed by atoms with E-state index in [1.807, 2.05) is 13.0 Å². The zero-order valence-electron chi connectivity index (χ0n) is 12.7. The van der Waals surface area contributed by atoms with Crippen LogP contribution in [0.3, 0.4) is 0 Å². The summed E-state index contributed by atoms with van der Waals surface area (Å²) in [6.07, 6.45) is 4.04. The smallest absolute Gasteiger partial charge is 0.165 e. The monoisotopic (exact) mass is 274 g/mol. The summed E-state index contributed by atoms with van der Waals surface area (Å²) in [5.41, 5.74) is 2.24. The van der Waals surface area contributed by atoms with Crippen molar-refractivity contribution in [3.63, 3.8) is 0 Å². The Balaban J connectivity index is 1.98. The molecule has 108 valence electrons. The first-order valence-electron chi connectivity index (χ1n) is 7.32. The Morgan fingerprint density at radius 2 is 2.10 bits per heavy atom. The van der Waals surface area contributed by atoms with E-state index in [4.69, 9.17) is 13.9 Å². The molecule has 3 rings (SSSR count). The van der Waals surface area contributed by atoms with Crippen molar-refractivity contribution >= 4 is 11.0 Å².